The summed E-state index contributed by atoms with van der Waals surface area (Å²) < 4.78 is 6.22. The lowest BCUT2D eigenvalue weighted by atomic mass is 10.0. The van der Waals surface area contributed by atoms with E-state index >= 15 is 0 Å². The first-order chi connectivity index (χ1) is 14.1. The molecule has 0 aliphatic carbocycles. The van der Waals surface area contributed by atoms with Crippen molar-refractivity contribution in [1.82, 2.24) is 20.3 Å². The van der Waals surface area contributed by atoms with E-state index in [0.29, 0.717) is 24.1 Å². The fourth-order valence-corrected chi connectivity index (χ4v) is 4.38. The second kappa shape index (κ2) is 8.84. The molecule has 1 saturated heterocycles. The Morgan fingerprint density at radius 1 is 1.34 bits per heavy atom. The van der Waals surface area contributed by atoms with Crippen LogP contribution in [-0.2, 0) is 4.74 Å². The van der Waals surface area contributed by atoms with E-state index in [1.54, 1.807) is 17.5 Å². The molecule has 8 heteroatoms. The minimum absolute atomic E-state index is 0.0287. The first-order valence-electron chi connectivity index (χ1n) is 9.90. The average Bonchev–Trinajstić information content (AvgIpc) is 3.12. The van der Waals surface area contributed by atoms with Crippen molar-refractivity contribution >= 4 is 33.4 Å². The molecule has 0 spiro atoms. The number of rotatable bonds is 6. The molecule has 3 aromatic rings. The van der Waals surface area contributed by atoms with Gasteiger partial charge in [0.25, 0.3) is 5.91 Å². The number of hydrogen-bond acceptors (Lipinski definition) is 7. The van der Waals surface area contributed by atoms with Crippen molar-refractivity contribution in [3.8, 4) is 0 Å². The topological polar surface area (TPSA) is 89.0 Å². The van der Waals surface area contributed by atoms with E-state index in [4.69, 9.17) is 4.74 Å². The number of nitrogens with zero attached hydrogens (tertiary/aromatic N) is 3. The van der Waals surface area contributed by atoms with Crippen molar-refractivity contribution < 1.29 is 9.53 Å². The molecule has 2 N–H and O–H groups in total. The molecular weight excluding hydrogens is 386 g/mol. The van der Waals surface area contributed by atoms with Gasteiger partial charge < -0.3 is 15.4 Å². The lowest BCUT2D eigenvalue weighted by molar-refractivity contribution is 0.0642. The summed E-state index contributed by atoms with van der Waals surface area (Å²) in [7, 11) is 0. The van der Waals surface area contributed by atoms with Gasteiger partial charge >= 0.3 is 0 Å². The lowest BCUT2D eigenvalue weighted by Crippen LogP contribution is -2.32. The standard InChI is InChI=1S/C21H25N5O2S/c1-13-10-17-19(29-13)18(20(27)23-11-15-5-8-28-9-6-15)26-21(25-17)24-14(2)16-4-3-7-22-12-16/h3-4,7,10,12,14-15H,5-6,8-9,11H2,1-2H3,(H,23,27)(H,24,25,26). The van der Waals surface area contributed by atoms with Crippen LogP contribution in [0.15, 0.2) is 30.6 Å². The number of fused-ring (bicyclic) bond motifs is 1. The molecule has 1 fully saturated rings. The van der Waals surface area contributed by atoms with Crippen LogP contribution in [0.5, 0.6) is 0 Å². The van der Waals surface area contributed by atoms with E-state index in [2.05, 4.69) is 25.6 Å². The Morgan fingerprint density at radius 3 is 2.93 bits per heavy atom. The van der Waals surface area contributed by atoms with Crippen molar-refractivity contribution in [3.63, 3.8) is 0 Å². The quantitative estimate of drug-likeness (QED) is 0.643. The van der Waals surface area contributed by atoms with Crippen LogP contribution in [0, 0.1) is 12.8 Å². The Hall–Kier alpha value is -2.58. The maximum Gasteiger partial charge on any atom is 0.271 e. The van der Waals surface area contributed by atoms with Gasteiger partial charge in [-0.25, -0.2) is 9.97 Å². The van der Waals surface area contributed by atoms with Crippen LogP contribution < -0.4 is 10.6 Å². The minimum Gasteiger partial charge on any atom is -0.381 e. The fourth-order valence-electron chi connectivity index (χ4n) is 3.45. The third kappa shape index (κ3) is 4.71. The van der Waals surface area contributed by atoms with Gasteiger partial charge in [-0.05, 0) is 50.3 Å². The van der Waals surface area contributed by atoms with Gasteiger partial charge in [0.05, 0.1) is 16.3 Å². The van der Waals surface area contributed by atoms with Crippen LogP contribution in [0.2, 0.25) is 0 Å². The molecule has 152 valence electrons. The summed E-state index contributed by atoms with van der Waals surface area (Å²) in [5.74, 6) is 0.754. The molecular formula is C21H25N5O2S. The highest BCUT2D eigenvalue weighted by Crippen LogP contribution is 2.28. The Morgan fingerprint density at radius 2 is 2.17 bits per heavy atom. The number of aromatic nitrogens is 3. The van der Waals surface area contributed by atoms with Crippen LogP contribution in [0.25, 0.3) is 10.2 Å². The number of anilines is 1. The molecule has 4 heterocycles. The van der Waals surface area contributed by atoms with E-state index in [-0.39, 0.29) is 11.9 Å². The SMILES string of the molecule is Cc1cc2nc(NC(C)c3cccnc3)nc(C(=O)NCC3CCOCC3)c2s1. The first kappa shape index (κ1) is 19.7. The molecule has 0 aromatic carbocycles. The zero-order chi connectivity index (χ0) is 20.2. The predicted octanol–water partition coefficient (Wildman–Crippen LogP) is 3.72. The zero-order valence-electron chi connectivity index (χ0n) is 16.6. The van der Waals surface area contributed by atoms with E-state index in [0.717, 1.165) is 46.7 Å². The Labute approximate surface area is 173 Å². The number of amides is 1. The van der Waals surface area contributed by atoms with Crippen molar-refractivity contribution in [2.24, 2.45) is 5.92 Å². The summed E-state index contributed by atoms with van der Waals surface area (Å²) >= 11 is 1.55. The summed E-state index contributed by atoms with van der Waals surface area (Å²) in [6.45, 7) is 6.22. The van der Waals surface area contributed by atoms with E-state index < -0.39 is 0 Å². The molecule has 3 aromatic heterocycles. The number of pyridine rings is 1. The van der Waals surface area contributed by atoms with Crippen LogP contribution in [-0.4, -0.2) is 40.6 Å². The molecule has 7 nitrogen and oxygen atoms in total. The molecule has 1 aliphatic rings. The maximum absolute atomic E-state index is 13.0. The van der Waals surface area contributed by atoms with Crippen LogP contribution in [0.3, 0.4) is 0 Å². The predicted molar refractivity (Wildman–Crippen MR) is 114 cm³/mol. The Kier molecular flexibility index (Phi) is 6.01. The average molecular weight is 412 g/mol. The number of thiophene rings is 1. The third-order valence-corrected chi connectivity index (χ3v) is 6.18. The van der Waals surface area contributed by atoms with Crippen molar-refractivity contribution in [1.29, 1.82) is 0 Å². The summed E-state index contributed by atoms with van der Waals surface area (Å²) in [6.07, 6.45) is 5.51. The third-order valence-electron chi connectivity index (χ3n) is 5.13. The minimum atomic E-state index is -0.150. The first-order valence-corrected chi connectivity index (χ1v) is 10.7. The van der Waals surface area contributed by atoms with Crippen molar-refractivity contribution in [2.45, 2.75) is 32.7 Å². The molecule has 1 aliphatic heterocycles. The van der Waals surface area contributed by atoms with Crippen molar-refractivity contribution in [2.75, 3.05) is 25.1 Å². The number of nitrogens with one attached hydrogen (secondary N) is 2. The molecule has 29 heavy (non-hydrogen) atoms. The van der Waals surface area contributed by atoms with Gasteiger partial charge in [0, 0.05) is 37.0 Å². The van der Waals surface area contributed by atoms with Gasteiger partial charge in [-0.2, -0.15) is 0 Å². The Bertz CT molecular complexity index is 985. The van der Waals surface area contributed by atoms with Gasteiger partial charge in [0.1, 0.15) is 0 Å². The van der Waals surface area contributed by atoms with Gasteiger partial charge in [0.15, 0.2) is 5.69 Å². The summed E-state index contributed by atoms with van der Waals surface area (Å²) in [4.78, 5) is 27.4. The maximum atomic E-state index is 13.0. The number of aryl methyl sites for hydroxylation is 1. The normalized spacial score (nSPS) is 15.9. The highest BCUT2D eigenvalue weighted by molar-refractivity contribution is 7.19. The van der Waals surface area contributed by atoms with E-state index in [1.165, 1.54) is 0 Å². The second-order valence-corrected chi connectivity index (χ2v) is 8.64. The van der Waals surface area contributed by atoms with Crippen LogP contribution in [0.4, 0.5) is 5.95 Å². The molecule has 1 unspecified atom stereocenters. The van der Waals surface area contributed by atoms with Gasteiger partial charge in [-0.3, -0.25) is 9.78 Å². The lowest BCUT2D eigenvalue weighted by Gasteiger charge is -2.22. The Balaban J connectivity index is 1.56. The smallest absolute Gasteiger partial charge is 0.271 e. The monoisotopic (exact) mass is 411 g/mol. The van der Waals surface area contributed by atoms with Crippen LogP contribution in [0.1, 0.15) is 46.7 Å². The number of hydrogen-bond donors (Lipinski definition) is 2. The second-order valence-electron chi connectivity index (χ2n) is 7.39. The highest BCUT2D eigenvalue weighted by Gasteiger charge is 2.20. The molecule has 0 radical (unpaired) electrons. The summed E-state index contributed by atoms with van der Waals surface area (Å²) in [6, 6.07) is 5.87. The van der Waals surface area contributed by atoms with Crippen LogP contribution >= 0.6 is 11.3 Å². The number of carbonyl (C=O) groups excluding carboxylic acids is 1. The highest BCUT2D eigenvalue weighted by atomic mass is 32.1. The fraction of sp³-hybridized carbons (Fsp3) is 0.429. The van der Waals surface area contributed by atoms with Gasteiger partial charge in [-0.15, -0.1) is 11.3 Å². The molecule has 4 rings (SSSR count). The van der Waals surface area contributed by atoms with Gasteiger partial charge in [-0.1, -0.05) is 6.07 Å². The largest absolute Gasteiger partial charge is 0.381 e. The number of carbonyl (C=O) groups is 1. The van der Waals surface area contributed by atoms with Crippen molar-refractivity contribution in [3.05, 3.63) is 46.7 Å². The number of ether oxygens (including phenoxy) is 1. The molecule has 1 amide bonds. The zero-order valence-corrected chi connectivity index (χ0v) is 17.5. The summed E-state index contributed by atoms with van der Waals surface area (Å²) in [5, 5.41) is 6.37. The van der Waals surface area contributed by atoms with Gasteiger partial charge in [0.2, 0.25) is 5.95 Å². The summed E-state index contributed by atoms with van der Waals surface area (Å²) in [5.41, 5.74) is 2.25. The molecule has 0 saturated carbocycles. The molecule has 1 atom stereocenters. The van der Waals surface area contributed by atoms with E-state index in [9.17, 15) is 4.79 Å². The molecule has 0 bridgehead atoms. The van der Waals surface area contributed by atoms with E-state index in [1.807, 2.05) is 38.2 Å².